The third-order valence-corrected chi connectivity index (χ3v) is 5.03. The van der Waals surface area contributed by atoms with Crippen molar-refractivity contribution in [2.45, 2.75) is 25.8 Å². The molecule has 1 nitrogen and oxygen atoms in total. The highest BCUT2D eigenvalue weighted by Crippen LogP contribution is 2.28. The van der Waals surface area contributed by atoms with Gasteiger partial charge in [-0.25, -0.2) is 0 Å². The molecule has 1 aromatic carbocycles. The highest BCUT2D eigenvalue weighted by atomic mass is 79.9. The average molecular weight is 314 g/mol. The Labute approximate surface area is 117 Å². The lowest BCUT2D eigenvalue weighted by Gasteiger charge is -2.24. The van der Waals surface area contributed by atoms with Crippen molar-refractivity contribution in [2.75, 3.05) is 18.1 Å². The van der Waals surface area contributed by atoms with E-state index in [1.807, 2.05) is 0 Å². The summed E-state index contributed by atoms with van der Waals surface area (Å²) < 4.78 is 1.19. The van der Waals surface area contributed by atoms with E-state index in [0.717, 1.165) is 18.9 Å². The maximum Gasteiger partial charge on any atom is 0.0178 e. The second-order valence-electron chi connectivity index (χ2n) is 4.62. The van der Waals surface area contributed by atoms with Crippen LogP contribution in [0.25, 0.3) is 0 Å². The number of halogens is 1. The zero-order chi connectivity index (χ0) is 12.1. The van der Waals surface area contributed by atoms with Crippen molar-refractivity contribution in [2.24, 2.45) is 5.92 Å². The maximum absolute atomic E-state index is 3.66. The van der Waals surface area contributed by atoms with Gasteiger partial charge in [0.2, 0.25) is 0 Å². The van der Waals surface area contributed by atoms with E-state index in [4.69, 9.17) is 0 Å². The van der Waals surface area contributed by atoms with Gasteiger partial charge in [0.15, 0.2) is 0 Å². The molecule has 94 valence electrons. The van der Waals surface area contributed by atoms with Crippen molar-refractivity contribution in [3.63, 3.8) is 0 Å². The third-order valence-electron chi connectivity index (χ3n) is 3.34. The smallest absolute Gasteiger partial charge is 0.0178 e. The fraction of sp³-hybridized carbons (Fsp3) is 0.571. The van der Waals surface area contributed by atoms with Gasteiger partial charge in [-0.2, -0.15) is 11.8 Å². The summed E-state index contributed by atoms with van der Waals surface area (Å²) in [6.45, 7) is 3.27. The number of rotatable bonds is 5. The van der Waals surface area contributed by atoms with Crippen LogP contribution in [-0.2, 0) is 6.42 Å². The van der Waals surface area contributed by atoms with Crippen molar-refractivity contribution in [1.29, 1.82) is 0 Å². The zero-order valence-corrected chi connectivity index (χ0v) is 12.7. The summed E-state index contributed by atoms with van der Waals surface area (Å²) in [5, 5.41) is 3.66. The Balaban J connectivity index is 2.01. The first-order valence-electron chi connectivity index (χ1n) is 6.35. The minimum atomic E-state index is 0.643. The van der Waals surface area contributed by atoms with Gasteiger partial charge in [0.05, 0.1) is 0 Å². The standard InChI is InChI=1S/C14H20BrNS/c1-2-16-14(12-6-7-17-10-12)9-11-4-3-5-13(15)8-11/h3-5,8,12,14,16H,2,6-7,9-10H2,1H3. The van der Waals surface area contributed by atoms with E-state index >= 15 is 0 Å². The van der Waals surface area contributed by atoms with Gasteiger partial charge in [-0.05, 0) is 54.5 Å². The van der Waals surface area contributed by atoms with E-state index in [1.54, 1.807) is 0 Å². The normalized spacial score (nSPS) is 21.6. The molecule has 0 amide bonds. The maximum atomic E-state index is 3.66. The largest absolute Gasteiger partial charge is 0.314 e. The summed E-state index contributed by atoms with van der Waals surface area (Å²) in [6, 6.07) is 9.34. The predicted molar refractivity (Wildman–Crippen MR) is 80.7 cm³/mol. The lowest BCUT2D eigenvalue weighted by atomic mass is 9.93. The van der Waals surface area contributed by atoms with Crippen LogP contribution in [0, 0.1) is 5.92 Å². The molecule has 3 heteroatoms. The van der Waals surface area contributed by atoms with E-state index in [2.05, 4.69) is 64.2 Å². The van der Waals surface area contributed by atoms with Crippen molar-refractivity contribution < 1.29 is 0 Å². The Bertz CT molecular complexity index is 350. The lowest BCUT2D eigenvalue weighted by molar-refractivity contribution is 0.387. The quantitative estimate of drug-likeness (QED) is 0.889. The van der Waals surface area contributed by atoms with Crippen LogP contribution in [-0.4, -0.2) is 24.1 Å². The van der Waals surface area contributed by atoms with Crippen LogP contribution in [0.4, 0.5) is 0 Å². The van der Waals surface area contributed by atoms with Crippen LogP contribution in [0.2, 0.25) is 0 Å². The van der Waals surface area contributed by atoms with E-state index < -0.39 is 0 Å². The topological polar surface area (TPSA) is 12.0 Å². The first-order valence-corrected chi connectivity index (χ1v) is 8.30. The fourth-order valence-electron chi connectivity index (χ4n) is 2.46. The van der Waals surface area contributed by atoms with Crippen LogP contribution in [0.3, 0.4) is 0 Å². The molecule has 0 bridgehead atoms. The summed E-state index contributed by atoms with van der Waals surface area (Å²) >= 11 is 5.65. The number of nitrogens with one attached hydrogen (secondary N) is 1. The van der Waals surface area contributed by atoms with E-state index in [9.17, 15) is 0 Å². The van der Waals surface area contributed by atoms with Gasteiger partial charge < -0.3 is 5.32 Å². The summed E-state index contributed by atoms with van der Waals surface area (Å²) in [6.07, 6.45) is 2.52. The fourth-order valence-corrected chi connectivity index (χ4v) is 4.24. The lowest BCUT2D eigenvalue weighted by Crippen LogP contribution is -2.38. The number of benzene rings is 1. The molecule has 0 radical (unpaired) electrons. The molecule has 2 atom stereocenters. The number of thioether (sulfide) groups is 1. The Morgan fingerprint density at radius 3 is 3.06 bits per heavy atom. The highest BCUT2D eigenvalue weighted by Gasteiger charge is 2.24. The van der Waals surface area contributed by atoms with Crippen molar-refractivity contribution >= 4 is 27.7 Å². The molecule has 0 aromatic heterocycles. The van der Waals surface area contributed by atoms with Crippen molar-refractivity contribution in [3.8, 4) is 0 Å². The van der Waals surface area contributed by atoms with Gasteiger partial charge in [-0.1, -0.05) is 35.0 Å². The second kappa shape index (κ2) is 6.81. The van der Waals surface area contributed by atoms with Crippen LogP contribution < -0.4 is 5.32 Å². The molecule has 2 rings (SSSR count). The molecule has 17 heavy (non-hydrogen) atoms. The third kappa shape index (κ3) is 4.01. The molecule has 0 saturated carbocycles. The number of hydrogen-bond donors (Lipinski definition) is 1. The van der Waals surface area contributed by atoms with Gasteiger partial charge in [0, 0.05) is 10.5 Å². The predicted octanol–water partition coefficient (Wildman–Crippen LogP) is 3.72. The molecule has 2 unspecified atom stereocenters. The monoisotopic (exact) mass is 313 g/mol. The van der Waals surface area contributed by atoms with Crippen LogP contribution in [0.1, 0.15) is 18.9 Å². The van der Waals surface area contributed by atoms with Gasteiger partial charge in [0.1, 0.15) is 0 Å². The molecular formula is C14H20BrNS. The van der Waals surface area contributed by atoms with Gasteiger partial charge in [-0.15, -0.1) is 0 Å². The molecule has 0 spiro atoms. The molecule has 1 saturated heterocycles. The second-order valence-corrected chi connectivity index (χ2v) is 6.69. The zero-order valence-electron chi connectivity index (χ0n) is 10.3. The SMILES string of the molecule is CCNC(Cc1cccc(Br)c1)C1CCSC1. The van der Waals surface area contributed by atoms with Gasteiger partial charge in [0.25, 0.3) is 0 Å². The minimum absolute atomic E-state index is 0.643. The molecule has 1 N–H and O–H groups in total. The van der Waals surface area contributed by atoms with Crippen molar-refractivity contribution in [3.05, 3.63) is 34.3 Å². The first kappa shape index (κ1) is 13.4. The first-order chi connectivity index (χ1) is 8.29. The van der Waals surface area contributed by atoms with Crippen LogP contribution >= 0.6 is 27.7 Å². The molecule has 1 heterocycles. The summed E-state index contributed by atoms with van der Waals surface area (Å²) in [5.74, 6) is 3.51. The van der Waals surface area contributed by atoms with Gasteiger partial charge in [-0.3, -0.25) is 0 Å². The van der Waals surface area contributed by atoms with Crippen LogP contribution in [0.15, 0.2) is 28.7 Å². The Morgan fingerprint density at radius 1 is 1.53 bits per heavy atom. The van der Waals surface area contributed by atoms with E-state index in [-0.39, 0.29) is 0 Å². The van der Waals surface area contributed by atoms with E-state index in [1.165, 1.54) is 28.0 Å². The molecule has 1 aliphatic heterocycles. The van der Waals surface area contributed by atoms with E-state index in [0.29, 0.717) is 6.04 Å². The molecule has 1 aliphatic rings. The summed E-state index contributed by atoms with van der Waals surface area (Å²) in [7, 11) is 0. The summed E-state index contributed by atoms with van der Waals surface area (Å²) in [4.78, 5) is 0. The Hall–Kier alpha value is 0.01000. The number of likely N-dealkylation sites (N-methyl/N-ethyl adjacent to an activating group) is 1. The minimum Gasteiger partial charge on any atom is -0.314 e. The number of hydrogen-bond acceptors (Lipinski definition) is 2. The van der Waals surface area contributed by atoms with Crippen molar-refractivity contribution in [1.82, 2.24) is 5.32 Å². The Kier molecular flexibility index (Phi) is 5.39. The molecule has 1 fully saturated rings. The van der Waals surface area contributed by atoms with Gasteiger partial charge >= 0.3 is 0 Å². The molecule has 1 aromatic rings. The summed E-state index contributed by atoms with van der Waals surface area (Å²) in [5.41, 5.74) is 1.43. The molecule has 0 aliphatic carbocycles. The average Bonchev–Trinajstić information content (AvgIpc) is 2.82. The van der Waals surface area contributed by atoms with Crippen LogP contribution in [0.5, 0.6) is 0 Å². The highest BCUT2D eigenvalue weighted by molar-refractivity contribution is 9.10. The Morgan fingerprint density at radius 2 is 2.41 bits per heavy atom. The molecular weight excluding hydrogens is 294 g/mol.